The van der Waals surface area contributed by atoms with E-state index in [9.17, 15) is 9.90 Å². The van der Waals surface area contributed by atoms with Crippen LogP contribution in [0.1, 0.15) is 16.2 Å². The van der Waals surface area contributed by atoms with Crippen LogP contribution in [-0.2, 0) is 20.0 Å². The van der Waals surface area contributed by atoms with Gasteiger partial charge >= 0.3 is 5.97 Å². The number of benzene rings is 1. The van der Waals surface area contributed by atoms with Crippen LogP contribution >= 0.6 is 0 Å². The lowest BCUT2D eigenvalue weighted by atomic mass is 10.2. The molecule has 0 aliphatic carbocycles. The zero-order chi connectivity index (χ0) is 14.1. The van der Waals surface area contributed by atoms with E-state index in [2.05, 4.69) is 9.97 Å². The summed E-state index contributed by atoms with van der Waals surface area (Å²) in [5, 5.41) is 9.26. The summed E-state index contributed by atoms with van der Waals surface area (Å²) < 4.78 is 3.82. The summed E-state index contributed by atoms with van der Waals surface area (Å²) in [6, 6.07) is 5.13. The van der Waals surface area contributed by atoms with Gasteiger partial charge in [-0.15, -0.1) is 0 Å². The first-order chi connectivity index (χ1) is 9.66. The molecule has 0 saturated heterocycles. The number of para-hydroxylation sites is 1. The van der Waals surface area contributed by atoms with E-state index in [4.69, 9.17) is 0 Å². The molecule has 0 bridgehead atoms. The van der Waals surface area contributed by atoms with Crippen LogP contribution in [-0.4, -0.2) is 30.2 Å². The van der Waals surface area contributed by atoms with Crippen LogP contribution in [0.4, 0.5) is 0 Å². The van der Waals surface area contributed by atoms with Gasteiger partial charge in [-0.25, -0.2) is 14.8 Å². The van der Waals surface area contributed by atoms with Crippen molar-refractivity contribution >= 4 is 17.0 Å². The molecular weight excluding hydrogens is 256 g/mol. The second kappa shape index (κ2) is 4.80. The number of fused-ring (bicyclic) bond motifs is 1. The molecule has 0 fully saturated rings. The summed E-state index contributed by atoms with van der Waals surface area (Å²) in [5.41, 5.74) is 1.64. The Balaban J connectivity index is 1.96. The van der Waals surface area contributed by atoms with Gasteiger partial charge < -0.3 is 14.2 Å². The lowest BCUT2D eigenvalue weighted by Crippen LogP contribution is -2.07. The van der Waals surface area contributed by atoms with Crippen LogP contribution in [0.25, 0.3) is 11.0 Å². The van der Waals surface area contributed by atoms with E-state index in [1.165, 1.54) is 0 Å². The van der Waals surface area contributed by atoms with Crippen molar-refractivity contribution in [2.24, 2.45) is 7.05 Å². The SMILES string of the molecule is Cn1ccnc1CCn1cnc2cccc(C(=O)O)c21. The molecule has 1 N–H and O–H groups in total. The predicted octanol–water partition coefficient (Wildman–Crippen LogP) is 1.71. The standard InChI is InChI=1S/C14H14N4O2/c1-17-8-6-15-12(17)5-7-18-9-16-11-4-2-3-10(13(11)18)14(19)20/h2-4,6,8-9H,5,7H2,1H3,(H,19,20). The fraction of sp³-hybridized carbons (Fsp3) is 0.214. The van der Waals surface area contributed by atoms with E-state index >= 15 is 0 Å². The Morgan fingerprint density at radius 1 is 1.35 bits per heavy atom. The van der Waals surface area contributed by atoms with Crippen molar-refractivity contribution in [3.05, 3.63) is 48.3 Å². The molecule has 3 aromatic rings. The fourth-order valence-corrected chi connectivity index (χ4v) is 2.33. The monoisotopic (exact) mass is 270 g/mol. The Kier molecular flexibility index (Phi) is 2.98. The normalized spacial score (nSPS) is 11.1. The third kappa shape index (κ3) is 2.05. The Morgan fingerprint density at radius 3 is 2.90 bits per heavy atom. The Hall–Kier alpha value is -2.63. The Bertz CT molecular complexity index is 772. The minimum absolute atomic E-state index is 0.278. The molecule has 0 spiro atoms. The highest BCUT2D eigenvalue weighted by atomic mass is 16.4. The van der Waals surface area contributed by atoms with E-state index < -0.39 is 5.97 Å². The van der Waals surface area contributed by atoms with Gasteiger partial charge in [0.15, 0.2) is 0 Å². The number of rotatable bonds is 4. The minimum atomic E-state index is -0.936. The van der Waals surface area contributed by atoms with Crippen LogP contribution < -0.4 is 0 Å². The van der Waals surface area contributed by atoms with E-state index in [-0.39, 0.29) is 5.56 Å². The van der Waals surface area contributed by atoms with Gasteiger partial charge in [-0.1, -0.05) is 6.07 Å². The van der Waals surface area contributed by atoms with E-state index in [0.717, 1.165) is 12.2 Å². The number of aromatic nitrogens is 4. The van der Waals surface area contributed by atoms with Gasteiger partial charge in [-0.2, -0.15) is 0 Å². The van der Waals surface area contributed by atoms with Gasteiger partial charge in [0.05, 0.1) is 22.9 Å². The van der Waals surface area contributed by atoms with Crippen LogP contribution in [0.2, 0.25) is 0 Å². The van der Waals surface area contributed by atoms with Crippen LogP contribution in [0.5, 0.6) is 0 Å². The zero-order valence-corrected chi connectivity index (χ0v) is 11.0. The van der Waals surface area contributed by atoms with Crippen molar-refractivity contribution in [3.8, 4) is 0 Å². The minimum Gasteiger partial charge on any atom is -0.478 e. The highest BCUT2D eigenvalue weighted by molar-refractivity contribution is 6.01. The van der Waals surface area contributed by atoms with Gasteiger partial charge in [0.25, 0.3) is 0 Å². The van der Waals surface area contributed by atoms with Crippen molar-refractivity contribution in [2.75, 3.05) is 0 Å². The van der Waals surface area contributed by atoms with Crippen molar-refractivity contribution in [1.82, 2.24) is 19.1 Å². The average Bonchev–Trinajstić information content (AvgIpc) is 3.02. The number of hydrogen-bond acceptors (Lipinski definition) is 3. The third-order valence-corrected chi connectivity index (χ3v) is 3.37. The van der Waals surface area contributed by atoms with E-state index in [1.807, 2.05) is 28.4 Å². The van der Waals surface area contributed by atoms with Crippen molar-refractivity contribution in [1.29, 1.82) is 0 Å². The maximum atomic E-state index is 11.3. The third-order valence-electron chi connectivity index (χ3n) is 3.37. The molecule has 6 nitrogen and oxygen atoms in total. The Morgan fingerprint density at radius 2 is 2.20 bits per heavy atom. The molecule has 2 heterocycles. The topological polar surface area (TPSA) is 72.9 Å². The number of carboxylic acids is 1. The first-order valence-corrected chi connectivity index (χ1v) is 6.30. The van der Waals surface area contributed by atoms with Crippen molar-refractivity contribution < 1.29 is 9.90 Å². The molecule has 0 saturated carbocycles. The molecule has 0 aliphatic rings. The van der Waals surface area contributed by atoms with Gasteiger partial charge in [-0.05, 0) is 12.1 Å². The molecule has 3 rings (SSSR count). The molecule has 0 radical (unpaired) electrons. The second-order valence-electron chi connectivity index (χ2n) is 4.62. The lowest BCUT2D eigenvalue weighted by Gasteiger charge is -2.06. The molecule has 0 amide bonds. The number of imidazole rings is 2. The predicted molar refractivity (Wildman–Crippen MR) is 73.6 cm³/mol. The number of aromatic carboxylic acids is 1. The summed E-state index contributed by atoms with van der Waals surface area (Å²) in [7, 11) is 1.94. The first-order valence-electron chi connectivity index (χ1n) is 6.30. The van der Waals surface area contributed by atoms with Crippen LogP contribution in [0.15, 0.2) is 36.9 Å². The highest BCUT2D eigenvalue weighted by Crippen LogP contribution is 2.18. The maximum Gasteiger partial charge on any atom is 0.337 e. The second-order valence-corrected chi connectivity index (χ2v) is 4.62. The number of aryl methyl sites for hydroxylation is 3. The van der Waals surface area contributed by atoms with Crippen LogP contribution in [0, 0.1) is 0 Å². The van der Waals surface area contributed by atoms with Gasteiger partial charge in [0.2, 0.25) is 0 Å². The van der Waals surface area contributed by atoms with E-state index in [0.29, 0.717) is 17.6 Å². The molecule has 20 heavy (non-hydrogen) atoms. The summed E-state index contributed by atoms with van der Waals surface area (Å²) >= 11 is 0. The molecular formula is C14H14N4O2. The van der Waals surface area contributed by atoms with Crippen molar-refractivity contribution in [2.45, 2.75) is 13.0 Å². The lowest BCUT2D eigenvalue weighted by molar-refractivity contribution is 0.0698. The smallest absolute Gasteiger partial charge is 0.337 e. The maximum absolute atomic E-state index is 11.3. The molecule has 2 aromatic heterocycles. The zero-order valence-electron chi connectivity index (χ0n) is 11.0. The van der Waals surface area contributed by atoms with Gasteiger partial charge in [-0.3, -0.25) is 0 Å². The fourth-order valence-electron chi connectivity index (χ4n) is 2.33. The van der Waals surface area contributed by atoms with E-state index in [1.54, 1.807) is 24.7 Å². The molecule has 1 aromatic carbocycles. The number of carboxylic acid groups (broad SMARTS) is 1. The number of nitrogens with zero attached hydrogens (tertiary/aromatic N) is 4. The Labute approximate surface area is 115 Å². The largest absolute Gasteiger partial charge is 0.478 e. The highest BCUT2D eigenvalue weighted by Gasteiger charge is 2.13. The molecule has 0 unspecified atom stereocenters. The summed E-state index contributed by atoms with van der Waals surface area (Å²) in [5.74, 6) is 0.0222. The van der Waals surface area contributed by atoms with Crippen LogP contribution in [0.3, 0.4) is 0 Å². The number of hydrogen-bond donors (Lipinski definition) is 1. The summed E-state index contributed by atoms with van der Waals surface area (Å²) in [6.07, 6.45) is 6.05. The quantitative estimate of drug-likeness (QED) is 0.783. The molecule has 0 atom stereocenters. The average molecular weight is 270 g/mol. The van der Waals surface area contributed by atoms with Gasteiger partial charge in [0.1, 0.15) is 5.82 Å². The molecule has 6 heteroatoms. The van der Waals surface area contributed by atoms with Crippen molar-refractivity contribution in [3.63, 3.8) is 0 Å². The summed E-state index contributed by atoms with van der Waals surface area (Å²) in [4.78, 5) is 19.8. The number of carbonyl (C=O) groups is 1. The summed E-state index contributed by atoms with van der Waals surface area (Å²) in [6.45, 7) is 0.644. The molecule has 0 aliphatic heterocycles. The molecule has 102 valence electrons. The van der Waals surface area contributed by atoms with Gasteiger partial charge in [0, 0.05) is 32.4 Å². The first kappa shape index (κ1) is 12.4.